The van der Waals surface area contributed by atoms with Crippen molar-refractivity contribution >= 4 is 23.4 Å². The molecule has 8 heteroatoms. The third kappa shape index (κ3) is 3.45. The predicted molar refractivity (Wildman–Crippen MR) is 104 cm³/mol. The number of rotatable bonds is 7. The van der Waals surface area contributed by atoms with Gasteiger partial charge >= 0.3 is 0 Å². The second kappa shape index (κ2) is 7.66. The molecular weight excluding hydrogens is 404 g/mol. The lowest BCUT2D eigenvalue weighted by Crippen LogP contribution is -2.22. The largest absolute Gasteiger partial charge is 0.354 e. The van der Waals surface area contributed by atoms with Crippen LogP contribution in [0.2, 0.25) is 5.02 Å². The molecule has 2 heterocycles. The van der Waals surface area contributed by atoms with E-state index in [0.29, 0.717) is 15.9 Å². The van der Waals surface area contributed by atoms with Crippen molar-refractivity contribution in [2.24, 2.45) is 0 Å². The zero-order chi connectivity index (χ0) is 19.7. The van der Waals surface area contributed by atoms with E-state index in [-0.39, 0.29) is 12.1 Å². The van der Waals surface area contributed by atoms with Gasteiger partial charge in [0, 0.05) is 16.3 Å². The van der Waals surface area contributed by atoms with Gasteiger partial charge in [-0.25, -0.2) is 18.4 Å². The first-order valence-electron chi connectivity index (χ1n) is 8.54. The van der Waals surface area contributed by atoms with E-state index < -0.39 is 23.3 Å². The minimum atomic E-state index is -1.09. The van der Waals surface area contributed by atoms with Crippen molar-refractivity contribution in [2.45, 2.75) is 23.4 Å². The molecule has 1 aromatic heterocycles. The Kier molecular flexibility index (Phi) is 5.23. The summed E-state index contributed by atoms with van der Waals surface area (Å²) >= 11 is 7.43. The molecule has 1 aliphatic heterocycles. The Bertz CT molecular complexity index is 1010. The fraction of sp³-hybridized carbons (Fsp3) is 0.200. The fourth-order valence-electron chi connectivity index (χ4n) is 3.22. The van der Waals surface area contributed by atoms with Crippen LogP contribution in [0.4, 0.5) is 8.78 Å². The van der Waals surface area contributed by atoms with E-state index in [0.717, 1.165) is 11.6 Å². The van der Waals surface area contributed by atoms with Gasteiger partial charge in [-0.3, -0.25) is 0 Å². The molecule has 28 heavy (non-hydrogen) atoms. The fourth-order valence-corrected chi connectivity index (χ4v) is 4.00. The van der Waals surface area contributed by atoms with Crippen LogP contribution in [0.3, 0.4) is 0 Å². The van der Waals surface area contributed by atoms with Gasteiger partial charge in [0.2, 0.25) is 0 Å². The molecular formula is C20H16ClF2N3OS. The first kappa shape index (κ1) is 19.1. The highest BCUT2D eigenvalue weighted by atomic mass is 35.5. The van der Waals surface area contributed by atoms with E-state index in [4.69, 9.17) is 16.3 Å². The molecule has 1 aliphatic rings. The average Bonchev–Trinajstić information content (AvgIpc) is 3.24. The molecule has 1 saturated heterocycles. The van der Waals surface area contributed by atoms with E-state index in [1.807, 2.05) is 12.1 Å². The molecule has 3 aromatic rings. The number of halogens is 3. The summed E-state index contributed by atoms with van der Waals surface area (Å²) in [4.78, 5) is 4.23. The third-order valence-electron chi connectivity index (χ3n) is 4.57. The molecule has 0 N–H and O–H groups in total. The van der Waals surface area contributed by atoms with Crippen molar-refractivity contribution in [2.75, 3.05) is 5.75 Å². The first-order valence-corrected chi connectivity index (χ1v) is 9.91. The third-order valence-corrected chi connectivity index (χ3v) is 5.80. The van der Waals surface area contributed by atoms with Crippen LogP contribution in [0.5, 0.6) is 0 Å². The molecule has 0 radical (unpaired) electrons. The molecule has 144 valence electrons. The number of ether oxygens (including phenoxy) is 1. The Morgan fingerprint density at radius 2 is 2.04 bits per heavy atom. The summed E-state index contributed by atoms with van der Waals surface area (Å²) in [6.07, 6.45) is 2.74. The van der Waals surface area contributed by atoms with Crippen molar-refractivity contribution in [3.05, 3.63) is 89.2 Å². The SMILES string of the molecule is C=CCSc1ncnn1CC1(c2cccc(F)c2F)OC1c1ccc(Cl)cc1. The van der Waals surface area contributed by atoms with Crippen LogP contribution in [-0.2, 0) is 16.9 Å². The van der Waals surface area contributed by atoms with E-state index in [1.165, 1.54) is 24.2 Å². The number of thioether (sulfide) groups is 1. The number of benzene rings is 2. The zero-order valence-electron chi connectivity index (χ0n) is 14.7. The van der Waals surface area contributed by atoms with Crippen LogP contribution in [0.15, 0.2) is 66.6 Å². The lowest BCUT2D eigenvalue weighted by molar-refractivity contribution is 0.249. The van der Waals surface area contributed by atoms with Crippen LogP contribution in [0.1, 0.15) is 17.2 Å². The predicted octanol–water partition coefficient (Wildman–Crippen LogP) is 5.15. The Hall–Kier alpha value is -2.22. The normalized spacial score (nSPS) is 20.9. The van der Waals surface area contributed by atoms with Gasteiger partial charge in [0.25, 0.3) is 0 Å². The van der Waals surface area contributed by atoms with Gasteiger partial charge in [0.1, 0.15) is 18.0 Å². The summed E-state index contributed by atoms with van der Waals surface area (Å²) in [5.41, 5.74) is -0.104. The molecule has 4 nitrogen and oxygen atoms in total. The minimum Gasteiger partial charge on any atom is -0.354 e. The second-order valence-corrected chi connectivity index (χ2v) is 7.76. The molecule has 2 atom stereocenters. The van der Waals surface area contributed by atoms with Crippen molar-refractivity contribution < 1.29 is 13.5 Å². The van der Waals surface area contributed by atoms with Crippen molar-refractivity contribution in [3.63, 3.8) is 0 Å². The van der Waals surface area contributed by atoms with Gasteiger partial charge in [-0.2, -0.15) is 5.10 Å². The van der Waals surface area contributed by atoms with Crippen LogP contribution in [0, 0.1) is 11.6 Å². The van der Waals surface area contributed by atoms with Gasteiger partial charge in [-0.1, -0.05) is 53.7 Å². The highest BCUT2D eigenvalue weighted by Crippen LogP contribution is 2.59. The lowest BCUT2D eigenvalue weighted by Gasteiger charge is -2.16. The molecule has 0 amide bonds. The Morgan fingerprint density at radius 1 is 1.25 bits per heavy atom. The Labute approximate surface area is 170 Å². The molecule has 0 aliphatic carbocycles. The monoisotopic (exact) mass is 419 g/mol. The van der Waals surface area contributed by atoms with E-state index in [9.17, 15) is 8.78 Å². The lowest BCUT2D eigenvalue weighted by atomic mass is 9.91. The van der Waals surface area contributed by atoms with Gasteiger partial charge in [-0.05, 0) is 23.8 Å². The number of nitrogens with zero attached hydrogens (tertiary/aromatic N) is 3. The van der Waals surface area contributed by atoms with Crippen LogP contribution in [-0.4, -0.2) is 20.5 Å². The van der Waals surface area contributed by atoms with Crippen LogP contribution < -0.4 is 0 Å². The zero-order valence-corrected chi connectivity index (χ0v) is 16.3. The smallest absolute Gasteiger partial charge is 0.186 e. The summed E-state index contributed by atoms with van der Waals surface area (Å²) in [7, 11) is 0. The number of hydrogen-bond acceptors (Lipinski definition) is 4. The standard InChI is InChI=1S/C20H16ClF2N3OS/c1-2-10-28-19-24-12-25-26(19)11-20(15-4-3-5-16(22)17(15)23)18(27-20)13-6-8-14(21)9-7-13/h2-9,12,18H,1,10-11H2. The maximum Gasteiger partial charge on any atom is 0.186 e. The summed E-state index contributed by atoms with van der Waals surface area (Å²) in [5.74, 6) is -1.18. The average molecular weight is 420 g/mol. The number of epoxide rings is 1. The van der Waals surface area contributed by atoms with Crippen LogP contribution in [0.25, 0.3) is 0 Å². The van der Waals surface area contributed by atoms with Gasteiger partial charge in [0.05, 0.1) is 6.54 Å². The quantitative estimate of drug-likeness (QED) is 0.301. The van der Waals surface area contributed by atoms with Gasteiger partial charge in [-0.15, -0.1) is 6.58 Å². The highest BCUT2D eigenvalue weighted by Gasteiger charge is 2.60. The van der Waals surface area contributed by atoms with Gasteiger partial charge in [0.15, 0.2) is 16.8 Å². The molecule has 4 rings (SSSR count). The molecule has 2 aromatic carbocycles. The Balaban J connectivity index is 1.74. The minimum absolute atomic E-state index is 0.155. The van der Waals surface area contributed by atoms with Crippen molar-refractivity contribution in [1.29, 1.82) is 0 Å². The first-order chi connectivity index (χ1) is 13.5. The summed E-state index contributed by atoms with van der Waals surface area (Å²) in [5, 5.41) is 5.49. The maximum absolute atomic E-state index is 14.7. The second-order valence-electron chi connectivity index (χ2n) is 6.34. The molecule has 2 unspecified atom stereocenters. The summed E-state index contributed by atoms with van der Waals surface area (Å²) in [6.45, 7) is 3.89. The van der Waals surface area contributed by atoms with E-state index in [2.05, 4.69) is 16.7 Å². The molecule has 0 spiro atoms. The summed E-state index contributed by atoms with van der Waals surface area (Å²) < 4.78 is 36.3. The van der Waals surface area contributed by atoms with E-state index >= 15 is 0 Å². The van der Waals surface area contributed by atoms with Crippen LogP contribution >= 0.6 is 23.4 Å². The molecule has 1 fully saturated rings. The van der Waals surface area contributed by atoms with E-state index in [1.54, 1.807) is 29.0 Å². The van der Waals surface area contributed by atoms with Crippen molar-refractivity contribution in [3.8, 4) is 0 Å². The van der Waals surface area contributed by atoms with Crippen molar-refractivity contribution in [1.82, 2.24) is 14.8 Å². The summed E-state index contributed by atoms with van der Waals surface area (Å²) in [6, 6.07) is 11.2. The topological polar surface area (TPSA) is 43.2 Å². The number of hydrogen-bond donors (Lipinski definition) is 0. The van der Waals surface area contributed by atoms with Gasteiger partial charge < -0.3 is 4.74 Å². The highest BCUT2D eigenvalue weighted by molar-refractivity contribution is 7.99. The maximum atomic E-state index is 14.7. The molecule has 0 saturated carbocycles. The Morgan fingerprint density at radius 3 is 2.79 bits per heavy atom. The molecule has 0 bridgehead atoms. The number of aromatic nitrogens is 3.